The van der Waals surface area contributed by atoms with E-state index in [2.05, 4.69) is 0 Å². The Bertz CT molecular complexity index is 688. The molecule has 0 aliphatic carbocycles. The quantitative estimate of drug-likeness (QED) is 0.636. The van der Waals surface area contributed by atoms with Crippen LogP contribution in [0.4, 0.5) is 10.1 Å². The molecule has 1 heterocycles. The van der Waals surface area contributed by atoms with E-state index >= 15 is 0 Å². The first kappa shape index (κ1) is 12.2. The van der Waals surface area contributed by atoms with Crippen LogP contribution in [0.15, 0.2) is 36.4 Å². The second kappa shape index (κ2) is 4.69. The van der Waals surface area contributed by atoms with E-state index < -0.39 is 10.7 Å². The summed E-state index contributed by atoms with van der Waals surface area (Å²) in [6, 6.07) is 7.98. The number of nitro groups is 1. The number of halogens is 1. The van der Waals surface area contributed by atoms with Crippen molar-refractivity contribution in [3.63, 3.8) is 0 Å². The number of fused-ring (bicyclic) bond motifs is 1. The van der Waals surface area contributed by atoms with Gasteiger partial charge >= 0.3 is 0 Å². The number of benzene rings is 2. The van der Waals surface area contributed by atoms with E-state index in [1.807, 2.05) is 0 Å². The maximum Gasteiger partial charge on any atom is 0.272 e. The van der Waals surface area contributed by atoms with Gasteiger partial charge in [-0.25, -0.2) is 4.39 Å². The average Bonchev–Trinajstić information content (AvgIpc) is 2.88. The molecule has 0 amide bonds. The minimum Gasteiger partial charge on any atom is -0.454 e. The van der Waals surface area contributed by atoms with Crippen LogP contribution in [-0.2, 0) is 0 Å². The van der Waals surface area contributed by atoms with Gasteiger partial charge in [0.2, 0.25) is 6.79 Å². The van der Waals surface area contributed by atoms with Crippen LogP contribution in [0.1, 0.15) is 0 Å². The first-order chi connectivity index (χ1) is 9.63. The van der Waals surface area contributed by atoms with Crippen LogP contribution in [0, 0.1) is 15.9 Å². The maximum absolute atomic E-state index is 13.7. The lowest BCUT2D eigenvalue weighted by molar-refractivity contribution is -0.385. The number of hydrogen-bond acceptors (Lipinski definition) is 5. The molecule has 20 heavy (non-hydrogen) atoms. The summed E-state index contributed by atoms with van der Waals surface area (Å²) in [4.78, 5) is 9.85. The van der Waals surface area contributed by atoms with Gasteiger partial charge in [0, 0.05) is 12.1 Å². The number of non-ortho nitro benzene ring substituents is 1. The molecule has 0 saturated carbocycles. The molecular weight excluding hydrogens is 269 g/mol. The molecular formula is C13H8FNO5. The van der Waals surface area contributed by atoms with Crippen molar-refractivity contribution in [2.45, 2.75) is 0 Å². The zero-order chi connectivity index (χ0) is 14.1. The summed E-state index contributed by atoms with van der Waals surface area (Å²) < 4.78 is 29.3. The van der Waals surface area contributed by atoms with Gasteiger partial charge < -0.3 is 14.2 Å². The normalized spacial score (nSPS) is 12.2. The third kappa shape index (κ3) is 2.20. The zero-order valence-corrected chi connectivity index (χ0v) is 10.0. The van der Waals surface area contributed by atoms with Crippen LogP contribution in [0.3, 0.4) is 0 Å². The SMILES string of the molecule is O=[N+]([O-])c1ccc(Oc2ccc3c(c2)OCO3)c(F)c1. The number of nitro benzene ring substituents is 1. The standard InChI is InChI=1S/C13H8FNO5/c14-10-5-8(15(16)17)1-3-11(10)20-9-2-4-12-13(6-9)19-7-18-12/h1-6H,7H2. The van der Waals surface area contributed by atoms with E-state index in [9.17, 15) is 14.5 Å². The van der Waals surface area contributed by atoms with Crippen molar-refractivity contribution in [2.75, 3.05) is 6.79 Å². The maximum atomic E-state index is 13.7. The van der Waals surface area contributed by atoms with E-state index in [1.54, 1.807) is 18.2 Å². The summed E-state index contributed by atoms with van der Waals surface area (Å²) in [5.41, 5.74) is -0.333. The lowest BCUT2D eigenvalue weighted by Gasteiger charge is -2.07. The summed E-state index contributed by atoms with van der Waals surface area (Å²) in [5.74, 6) is 0.527. The highest BCUT2D eigenvalue weighted by Gasteiger charge is 2.16. The fourth-order valence-electron chi connectivity index (χ4n) is 1.75. The Morgan fingerprint density at radius 2 is 1.95 bits per heavy atom. The number of nitrogens with zero attached hydrogens (tertiary/aromatic N) is 1. The number of hydrogen-bond donors (Lipinski definition) is 0. The van der Waals surface area contributed by atoms with Crippen molar-refractivity contribution in [3.05, 3.63) is 52.3 Å². The van der Waals surface area contributed by atoms with Crippen molar-refractivity contribution < 1.29 is 23.5 Å². The largest absolute Gasteiger partial charge is 0.454 e. The summed E-state index contributed by atoms with van der Waals surface area (Å²) in [5, 5.41) is 10.5. The predicted molar refractivity (Wildman–Crippen MR) is 65.7 cm³/mol. The zero-order valence-electron chi connectivity index (χ0n) is 10.0. The van der Waals surface area contributed by atoms with E-state index in [0.717, 1.165) is 6.07 Å². The van der Waals surface area contributed by atoms with Crippen LogP contribution in [0.2, 0.25) is 0 Å². The Morgan fingerprint density at radius 3 is 2.70 bits per heavy atom. The number of ether oxygens (including phenoxy) is 3. The minimum atomic E-state index is -0.808. The first-order valence-corrected chi connectivity index (χ1v) is 5.65. The van der Waals surface area contributed by atoms with Crippen LogP contribution in [-0.4, -0.2) is 11.7 Å². The molecule has 0 saturated heterocycles. The molecule has 102 valence electrons. The molecule has 0 fully saturated rings. The van der Waals surface area contributed by atoms with Gasteiger partial charge in [0.05, 0.1) is 11.0 Å². The molecule has 7 heteroatoms. The summed E-state index contributed by atoms with van der Waals surface area (Å²) >= 11 is 0. The highest BCUT2D eigenvalue weighted by molar-refractivity contribution is 5.48. The third-order valence-electron chi connectivity index (χ3n) is 2.70. The summed E-state index contributed by atoms with van der Waals surface area (Å²) in [7, 11) is 0. The number of rotatable bonds is 3. The van der Waals surface area contributed by atoms with Gasteiger partial charge in [-0.05, 0) is 18.2 Å². The van der Waals surface area contributed by atoms with Crippen molar-refractivity contribution in [1.29, 1.82) is 0 Å². The molecule has 0 aromatic heterocycles. The van der Waals surface area contributed by atoms with Crippen molar-refractivity contribution >= 4 is 5.69 Å². The van der Waals surface area contributed by atoms with Gasteiger partial charge in [0.15, 0.2) is 23.1 Å². The summed E-state index contributed by atoms with van der Waals surface area (Å²) in [6.45, 7) is 0.130. The topological polar surface area (TPSA) is 70.8 Å². The van der Waals surface area contributed by atoms with Gasteiger partial charge in [-0.1, -0.05) is 0 Å². The second-order valence-electron chi connectivity index (χ2n) is 3.99. The fraction of sp³-hybridized carbons (Fsp3) is 0.0769. The molecule has 1 aliphatic rings. The van der Waals surface area contributed by atoms with Crippen LogP contribution >= 0.6 is 0 Å². The van der Waals surface area contributed by atoms with Crippen LogP contribution < -0.4 is 14.2 Å². The molecule has 0 spiro atoms. The lowest BCUT2D eigenvalue weighted by atomic mass is 10.2. The van der Waals surface area contributed by atoms with Gasteiger partial charge in [-0.15, -0.1) is 0 Å². The van der Waals surface area contributed by atoms with Gasteiger partial charge in [-0.3, -0.25) is 10.1 Å². The molecule has 1 aliphatic heterocycles. The molecule has 0 N–H and O–H groups in total. The highest BCUT2D eigenvalue weighted by atomic mass is 19.1. The Labute approximate surface area is 112 Å². The van der Waals surface area contributed by atoms with Gasteiger partial charge in [-0.2, -0.15) is 0 Å². The van der Waals surface area contributed by atoms with Crippen molar-refractivity contribution in [2.24, 2.45) is 0 Å². The molecule has 0 atom stereocenters. The Kier molecular flexibility index (Phi) is 2.86. The summed E-state index contributed by atoms with van der Waals surface area (Å²) in [6.07, 6.45) is 0. The molecule has 3 rings (SSSR count). The Balaban J connectivity index is 1.86. The van der Waals surface area contributed by atoms with Crippen molar-refractivity contribution in [3.8, 4) is 23.0 Å². The first-order valence-electron chi connectivity index (χ1n) is 5.65. The van der Waals surface area contributed by atoms with Gasteiger partial charge in [0.25, 0.3) is 5.69 Å². The highest BCUT2D eigenvalue weighted by Crippen LogP contribution is 2.37. The molecule has 0 bridgehead atoms. The molecule has 2 aromatic carbocycles. The predicted octanol–water partition coefficient (Wildman–Crippen LogP) is 3.25. The van der Waals surface area contributed by atoms with Crippen molar-refractivity contribution in [1.82, 2.24) is 0 Å². The average molecular weight is 277 g/mol. The fourth-order valence-corrected chi connectivity index (χ4v) is 1.75. The third-order valence-corrected chi connectivity index (χ3v) is 2.70. The Hall–Kier alpha value is -2.83. The Morgan fingerprint density at radius 1 is 1.15 bits per heavy atom. The van der Waals surface area contributed by atoms with E-state index in [4.69, 9.17) is 14.2 Å². The second-order valence-corrected chi connectivity index (χ2v) is 3.99. The van der Waals surface area contributed by atoms with Crippen LogP contribution in [0.25, 0.3) is 0 Å². The van der Waals surface area contributed by atoms with Crippen LogP contribution in [0.5, 0.6) is 23.0 Å². The lowest BCUT2D eigenvalue weighted by Crippen LogP contribution is -1.93. The molecule has 2 aromatic rings. The molecule has 0 radical (unpaired) electrons. The molecule has 0 unspecified atom stereocenters. The smallest absolute Gasteiger partial charge is 0.272 e. The van der Waals surface area contributed by atoms with Gasteiger partial charge in [0.1, 0.15) is 5.75 Å². The minimum absolute atomic E-state index is 0.102. The van der Waals surface area contributed by atoms with E-state index in [0.29, 0.717) is 17.2 Å². The van der Waals surface area contributed by atoms with E-state index in [-0.39, 0.29) is 18.2 Å². The molecule has 6 nitrogen and oxygen atoms in total. The monoisotopic (exact) mass is 277 g/mol. The van der Waals surface area contributed by atoms with E-state index in [1.165, 1.54) is 12.1 Å².